The SMILES string of the molecule is CCCCCCCC[NH+](CCCC)CCCC. The number of hydrogen-bond donors (Lipinski definition) is 1. The van der Waals surface area contributed by atoms with E-state index in [-0.39, 0.29) is 0 Å². The average molecular weight is 242 g/mol. The van der Waals surface area contributed by atoms with Gasteiger partial charge in [-0.3, -0.25) is 0 Å². The third kappa shape index (κ3) is 12.2. The Morgan fingerprint density at radius 1 is 0.471 bits per heavy atom. The number of rotatable bonds is 13. The van der Waals surface area contributed by atoms with Crippen LogP contribution in [0.25, 0.3) is 0 Å². The summed E-state index contributed by atoms with van der Waals surface area (Å²) in [6.45, 7) is 11.1. The molecule has 0 aromatic heterocycles. The van der Waals surface area contributed by atoms with Gasteiger partial charge in [0.25, 0.3) is 0 Å². The van der Waals surface area contributed by atoms with E-state index in [9.17, 15) is 0 Å². The zero-order chi connectivity index (χ0) is 12.8. The van der Waals surface area contributed by atoms with Crippen molar-refractivity contribution >= 4 is 0 Å². The van der Waals surface area contributed by atoms with Crippen molar-refractivity contribution in [1.29, 1.82) is 0 Å². The number of unbranched alkanes of at least 4 members (excludes halogenated alkanes) is 7. The van der Waals surface area contributed by atoms with Crippen molar-refractivity contribution in [2.75, 3.05) is 19.6 Å². The fraction of sp³-hybridized carbons (Fsp3) is 1.00. The van der Waals surface area contributed by atoms with Crippen LogP contribution in [-0.2, 0) is 0 Å². The van der Waals surface area contributed by atoms with Gasteiger partial charge in [-0.2, -0.15) is 0 Å². The van der Waals surface area contributed by atoms with Gasteiger partial charge in [-0.05, 0) is 25.7 Å². The van der Waals surface area contributed by atoms with E-state index in [4.69, 9.17) is 0 Å². The van der Waals surface area contributed by atoms with Crippen LogP contribution in [0, 0.1) is 0 Å². The third-order valence-electron chi connectivity index (χ3n) is 3.65. The fourth-order valence-electron chi connectivity index (χ4n) is 2.38. The highest BCUT2D eigenvalue weighted by atomic mass is 15.1. The Hall–Kier alpha value is -0.0400. The maximum Gasteiger partial charge on any atom is 0.0770 e. The van der Waals surface area contributed by atoms with Gasteiger partial charge in [0, 0.05) is 0 Å². The molecule has 0 amide bonds. The van der Waals surface area contributed by atoms with Crippen LogP contribution in [0.2, 0.25) is 0 Å². The van der Waals surface area contributed by atoms with Gasteiger partial charge < -0.3 is 4.90 Å². The van der Waals surface area contributed by atoms with E-state index in [2.05, 4.69) is 20.8 Å². The van der Waals surface area contributed by atoms with Crippen molar-refractivity contribution in [3.63, 3.8) is 0 Å². The second kappa shape index (κ2) is 14.0. The van der Waals surface area contributed by atoms with E-state index in [0.29, 0.717) is 0 Å². The topological polar surface area (TPSA) is 4.44 Å². The summed E-state index contributed by atoms with van der Waals surface area (Å²) in [6, 6.07) is 0. The van der Waals surface area contributed by atoms with E-state index in [1.54, 1.807) is 0 Å². The molecular formula is C16H36N+. The molecule has 0 aromatic rings. The minimum atomic E-state index is 1.35. The summed E-state index contributed by atoms with van der Waals surface area (Å²) < 4.78 is 0. The molecule has 0 aromatic carbocycles. The van der Waals surface area contributed by atoms with Crippen LogP contribution in [-0.4, -0.2) is 19.6 Å². The second-order valence-electron chi connectivity index (χ2n) is 5.47. The summed E-state index contributed by atoms with van der Waals surface area (Å²) in [6.07, 6.45) is 14.2. The van der Waals surface area contributed by atoms with E-state index >= 15 is 0 Å². The Balaban J connectivity index is 3.45. The summed E-state index contributed by atoms with van der Waals surface area (Å²) in [5, 5.41) is 0. The van der Waals surface area contributed by atoms with Crippen molar-refractivity contribution in [3.05, 3.63) is 0 Å². The van der Waals surface area contributed by atoms with Crippen molar-refractivity contribution in [1.82, 2.24) is 0 Å². The molecule has 0 saturated carbocycles. The molecule has 0 saturated heterocycles. The smallest absolute Gasteiger partial charge is 0.0770 e. The Kier molecular flexibility index (Phi) is 14.0. The van der Waals surface area contributed by atoms with Gasteiger partial charge in [0.1, 0.15) is 0 Å². The highest BCUT2D eigenvalue weighted by Gasteiger charge is 2.06. The molecule has 0 bridgehead atoms. The molecule has 0 aliphatic heterocycles. The normalized spacial score (nSPS) is 11.3. The number of nitrogens with one attached hydrogen (secondary N) is 1. The quantitative estimate of drug-likeness (QED) is 0.468. The summed E-state index contributed by atoms with van der Waals surface area (Å²) in [5.74, 6) is 0. The standard InChI is InChI=1S/C16H35N/c1-4-7-10-11-12-13-16-17(14-8-5-2)15-9-6-3/h4-16H2,1-3H3/p+1. The lowest BCUT2D eigenvalue weighted by Gasteiger charge is -2.19. The molecule has 104 valence electrons. The van der Waals surface area contributed by atoms with E-state index in [1.807, 2.05) is 4.90 Å². The Labute approximate surface area is 110 Å². The largest absolute Gasteiger partial charge is 0.335 e. The molecule has 0 rings (SSSR count). The zero-order valence-electron chi connectivity index (χ0n) is 12.7. The van der Waals surface area contributed by atoms with Crippen LogP contribution in [0.3, 0.4) is 0 Å². The highest BCUT2D eigenvalue weighted by molar-refractivity contribution is 4.43. The third-order valence-corrected chi connectivity index (χ3v) is 3.65. The van der Waals surface area contributed by atoms with Gasteiger partial charge in [-0.25, -0.2) is 0 Å². The van der Waals surface area contributed by atoms with Crippen molar-refractivity contribution < 1.29 is 4.90 Å². The van der Waals surface area contributed by atoms with Crippen LogP contribution in [0.1, 0.15) is 85.0 Å². The summed E-state index contributed by atoms with van der Waals surface area (Å²) in [5.41, 5.74) is 0. The zero-order valence-corrected chi connectivity index (χ0v) is 12.7. The van der Waals surface area contributed by atoms with Crippen LogP contribution < -0.4 is 4.90 Å². The van der Waals surface area contributed by atoms with Crippen LogP contribution in [0.5, 0.6) is 0 Å². The maximum atomic E-state index is 2.31. The van der Waals surface area contributed by atoms with E-state index < -0.39 is 0 Å². The van der Waals surface area contributed by atoms with Crippen LogP contribution in [0.4, 0.5) is 0 Å². The van der Waals surface area contributed by atoms with Gasteiger partial charge in [0.2, 0.25) is 0 Å². The van der Waals surface area contributed by atoms with Gasteiger partial charge >= 0.3 is 0 Å². The Morgan fingerprint density at radius 2 is 0.882 bits per heavy atom. The molecule has 0 unspecified atom stereocenters. The second-order valence-corrected chi connectivity index (χ2v) is 5.47. The van der Waals surface area contributed by atoms with Gasteiger partial charge in [-0.1, -0.05) is 59.3 Å². The molecule has 1 N–H and O–H groups in total. The van der Waals surface area contributed by atoms with E-state index in [1.165, 1.54) is 83.8 Å². The van der Waals surface area contributed by atoms with Crippen LogP contribution >= 0.6 is 0 Å². The lowest BCUT2D eigenvalue weighted by atomic mass is 10.1. The summed E-state index contributed by atoms with van der Waals surface area (Å²) in [7, 11) is 0. The van der Waals surface area contributed by atoms with Gasteiger partial charge in [0.05, 0.1) is 19.6 Å². The molecule has 0 spiro atoms. The molecule has 1 heteroatoms. The van der Waals surface area contributed by atoms with Crippen LogP contribution in [0.15, 0.2) is 0 Å². The molecule has 1 nitrogen and oxygen atoms in total. The molecule has 0 aliphatic carbocycles. The number of quaternary nitrogens is 1. The predicted molar refractivity (Wildman–Crippen MR) is 78.8 cm³/mol. The highest BCUT2D eigenvalue weighted by Crippen LogP contribution is 2.03. The molecule has 0 radical (unpaired) electrons. The van der Waals surface area contributed by atoms with E-state index in [0.717, 1.165) is 0 Å². The minimum absolute atomic E-state index is 1.35. The first-order chi connectivity index (χ1) is 8.35. The van der Waals surface area contributed by atoms with Crippen molar-refractivity contribution in [3.8, 4) is 0 Å². The molecule has 0 atom stereocenters. The molecule has 0 aliphatic rings. The predicted octanol–water partition coefficient (Wildman–Crippen LogP) is 3.83. The van der Waals surface area contributed by atoms with Gasteiger partial charge in [-0.15, -0.1) is 0 Å². The first kappa shape index (κ1) is 17.0. The average Bonchev–Trinajstić information content (AvgIpc) is 2.35. The Morgan fingerprint density at radius 3 is 1.41 bits per heavy atom. The van der Waals surface area contributed by atoms with Crippen molar-refractivity contribution in [2.24, 2.45) is 0 Å². The fourth-order valence-corrected chi connectivity index (χ4v) is 2.38. The maximum absolute atomic E-state index is 2.31. The summed E-state index contributed by atoms with van der Waals surface area (Å²) >= 11 is 0. The number of hydrogen-bond acceptors (Lipinski definition) is 0. The molecule has 17 heavy (non-hydrogen) atoms. The monoisotopic (exact) mass is 242 g/mol. The van der Waals surface area contributed by atoms with Gasteiger partial charge in [0.15, 0.2) is 0 Å². The lowest BCUT2D eigenvalue weighted by molar-refractivity contribution is -0.900. The first-order valence-corrected chi connectivity index (χ1v) is 8.18. The Bertz CT molecular complexity index is 125. The summed E-state index contributed by atoms with van der Waals surface area (Å²) in [4.78, 5) is 1.86. The molecule has 0 fully saturated rings. The molecular weight excluding hydrogens is 206 g/mol. The first-order valence-electron chi connectivity index (χ1n) is 8.18. The minimum Gasteiger partial charge on any atom is -0.335 e. The van der Waals surface area contributed by atoms with Crippen molar-refractivity contribution in [2.45, 2.75) is 85.0 Å². The lowest BCUT2D eigenvalue weighted by Crippen LogP contribution is -3.12. The molecule has 0 heterocycles.